The van der Waals surface area contributed by atoms with Crippen LogP contribution in [0.5, 0.6) is 0 Å². The molecule has 0 radical (unpaired) electrons. The number of likely N-dealkylation sites (tertiary alicyclic amines) is 1. The van der Waals surface area contributed by atoms with E-state index in [2.05, 4.69) is 4.72 Å². The molecule has 0 saturated carbocycles. The highest BCUT2D eigenvalue weighted by molar-refractivity contribution is 7.89. The Bertz CT molecular complexity index is 788. The fourth-order valence-electron chi connectivity index (χ4n) is 3.94. The standard InChI is InChI=1S/C21H32N2O5S/c1-15(2)13-19(22-29(25,26)18-8-6-16(3)7-9-18)20(24)23-10-4-5-17(14-23)21-27-11-12-28-21/h6-9,15,17,19,21-22H,4-5,10-14H2,1-3H3. The number of aryl methyl sites for hydroxylation is 1. The molecule has 1 aromatic carbocycles. The van der Waals surface area contributed by atoms with Gasteiger partial charge in [-0.15, -0.1) is 0 Å². The minimum atomic E-state index is -3.78. The number of nitrogens with one attached hydrogen (secondary N) is 1. The van der Waals surface area contributed by atoms with E-state index in [1.807, 2.05) is 20.8 Å². The molecule has 0 aliphatic carbocycles. The van der Waals surface area contributed by atoms with Gasteiger partial charge in [-0.25, -0.2) is 8.42 Å². The van der Waals surface area contributed by atoms with Gasteiger partial charge in [-0.1, -0.05) is 31.5 Å². The van der Waals surface area contributed by atoms with Crippen molar-refractivity contribution in [2.45, 2.75) is 57.3 Å². The summed E-state index contributed by atoms with van der Waals surface area (Å²) in [5, 5.41) is 0. The number of ether oxygens (including phenoxy) is 2. The van der Waals surface area contributed by atoms with E-state index in [9.17, 15) is 13.2 Å². The molecular weight excluding hydrogens is 392 g/mol. The van der Waals surface area contributed by atoms with Crippen LogP contribution < -0.4 is 4.72 Å². The Morgan fingerprint density at radius 3 is 2.48 bits per heavy atom. The van der Waals surface area contributed by atoms with Gasteiger partial charge in [0.1, 0.15) is 6.04 Å². The van der Waals surface area contributed by atoms with Crippen LogP contribution in [0.3, 0.4) is 0 Å². The number of carbonyl (C=O) groups excluding carboxylic acids is 1. The lowest BCUT2D eigenvalue weighted by Gasteiger charge is -2.36. The molecule has 0 spiro atoms. The zero-order chi connectivity index (χ0) is 21.0. The van der Waals surface area contributed by atoms with Crippen molar-refractivity contribution < 1.29 is 22.7 Å². The highest BCUT2D eigenvalue weighted by atomic mass is 32.2. The van der Waals surface area contributed by atoms with E-state index in [4.69, 9.17) is 9.47 Å². The fourth-order valence-corrected chi connectivity index (χ4v) is 5.15. The number of nitrogens with zero attached hydrogens (tertiary/aromatic N) is 1. The van der Waals surface area contributed by atoms with Crippen molar-refractivity contribution in [1.82, 2.24) is 9.62 Å². The first kappa shape index (κ1) is 22.2. The van der Waals surface area contributed by atoms with Gasteiger partial charge in [-0.3, -0.25) is 4.79 Å². The summed E-state index contributed by atoms with van der Waals surface area (Å²) < 4.78 is 39.7. The summed E-state index contributed by atoms with van der Waals surface area (Å²) in [6.07, 6.45) is 1.98. The molecule has 29 heavy (non-hydrogen) atoms. The van der Waals surface area contributed by atoms with Crippen LogP contribution in [0.2, 0.25) is 0 Å². The summed E-state index contributed by atoms with van der Waals surface area (Å²) >= 11 is 0. The minimum Gasteiger partial charge on any atom is -0.350 e. The van der Waals surface area contributed by atoms with Crippen LogP contribution in [-0.4, -0.2) is 57.9 Å². The first-order chi connectivity index (χ1) is 13.8. The molecule has 0 bridgehead atoms. The third-order valence-corrected chi connectivity index (χ3v) is 6.92. The molecule has 162 valence electrons. The number of hydrogen-bond donors (Lipinski definition) is 1. The minimum absolute atomic E-state index is 0.128. The van der Waals surface area contributed by atoms with Crippen LogP contribution in [0.1, 0.15) is 38.7 Å². The molecular formula is C21H32N2O5S. The summed E-state index contributed by atoms with van der Waals surface area (Å²) in [5.74, 6) is 0.132. The van der Waals surface area contributed by atoms with Crippen LogP contribution in [-0.2, 0) is 24.3 Å². The molecule has 2 unspecified atom stereocenters. The molecule has 2 saturated heterocycles. The van der Waals surface area contributed by atoms with Crippen LogP contribution in [0.25, 0.3) is 0 Å². The SMILES string of the molecule is Cc1ccc(S(=O)(=O)NC(CC(C)C)C(=O)N2CCCC(C3OCCO3)C2)cc1. The Kier molecular flexibility index (Phi) is 7.32. The van der Waals surface area contributed by atoms with Gasteiger partial charge in [0.2, 0.25) is 15.9 Å². The van der Waals surface area contributed by atoms with Gasteiger partial charge in [-0.2, -0.15) is 4.72 Å². The normalized spacial score (nSPS) is 22.2. The Labute approximate surface area is 173 Å². The van der Waals surface area contributed by atoms with Crippen molar-refractivity contribution >= 4 is 15.9 Å². The molecule has 1 amide bonds. The van der Waals surface area contributed by atoms with Gasteiger partial charge in [0.05, 0.1) is 18.1 Å². The molecule has 2 aliphatic heterocycles. The zero-order valence-corrected chi connectivity index (χ0v) is 18.3. The summed E-state index contributed by atoms with van der Waals surface area (Å²) in [6, 6.07) is 5.86. The predicted molar refractivity (Wildman–Crippen MR) is 110 cm³/mol. The maximum Gasteiger partial charge on any atom is 0.241 e. The van der Waals surface area contributed by atoms with Crippen LogP contribution in [0.4, 0.5) is 0 Å². The van der Waals surface area contributed by atoms with Crippen LogP contribution in [0, 0.1) is 18.8 Å². The highest BCUT2D eigenvalue weighted by Crippen LogP contribution is 2.26. The number of hydrogen-bond acceptors (Lipinski definition) is 5. The van der Waals surface area contributed by atoms with Crippen molar-refractivity contribution in [3.63, 3.8) is 0 Å². The van der Waals surface area contributed by atoms with Gasteiger partial charge in [0.15, 0.2) is 6.29 Å². The van der Waals surface area contributed by atoms with Crippen molar-refractivity contribution in [3.05, 3.63) is 29.8 Å². The lowest BCUT2D eigenvalue weighted by atomic mass is 9.95. The Hall–Kier alpha value is -1.48. The number of benzene rings is 1. The van der Waals surface area contributed by atoms with E-state index >= 15 is 0 Å². The Balaban J connectivity index is 1.73. The first-order valence-corrected chi connectivity index (χ1v) is 11.9. The lowest BCUT2D eigenvalue weighted by molar-refractivity contribution is -0.141. The maximum absolute atomic E-state index is 13.3. The van der Waals surface area contributed by atoms with Crippen molar-refractivity contribution in [3.8, 4) is 0 Å². The van der Waals surface area contributed by atoms with E-state index in [1.165, 1.54) is 0 Å². The van der Waals surface area contributed by atoms with Crippen molar-refractivity contribution in [1.29, 1.82) is 0 Å². The van der Waals surface area contributed by atoms with E-state index in [-0.39, 0.29) is 28.9 Å². The van der Waals surface area contributed by atoms with E-state index in [0.717, 1.165) is 18.4 Å². The highest BCUT2D eigenvalue weighted by Gasteiger charge is 2.36. The largest absolute Gasteiger partial charge is 0.350 e. The van der Waals surface area contributed by atoms with Crippen LogP contribution >= 0.6 is 0 Å². The van der Waals surface area contributed by atoms with Gasteiger partial charge < -0.3 is 14.4 Å². The van der Waals surface area contributed by atoms with Gasteiger partial charge >= 0.3 is 0 Å². The Morgan fingerprint density at radius 1 is 1.21 bits per heavy atom. The van der Waals surface area contributed by atoms with Gasteiger partial charge in [0.25, 0.3) is 0 Å². The Morgan fingerprint density at radius 2 is 1.86 bits per heavy atom. The molecule has 1 aromatic rings. The molecule has 3 rings (SSSR count). The van der Waals surface area contributed by atoms with Crippen molar-refractivity contribution in [2.75, 3.05) is 26.3 Å². The fraction of sp³-hybridized carbons (Fsp3) is 0.667. The first-order valence-electron chi connectivity index (χ1n) is 10.4. The average Bonchev–Trinajstić information content (AvgIpc) is 3.22. The molecule has 2 aliphatic rings. The predicted octanol–water partition coefficient (Wildman–Crippen LogP) is 2.30. The summed E-state index contributed by atoms with van der Waals surface area (Å²) in [7, 11) is -3.78. The molecule has 1 N–H and O–H groups in total. The second-order valence-electron chi connectivity index (χ2n) is 8.41. The molecule has 2 heterocycles. The molecule has 8 heteroatoms. The molecule has 0 aromatic heterocycles. The number of sulfonamides is 1. The van der Waals surface area contributed by atoms with E-state index in [0.29, 0.717) is 32.7 Å². The summed E-state index contributed by atoms with van der Waals surface area (Å²) in [5.41, 5.74) is 0.981. The number of carbonyl (C=O) groups is 1. The molecule has 2 fully saturated rings. The second-order valence-corrected chi connectivity index (χ2v) is 10.1. The maximum atomic E-state index is 13.3. The molecule has 7 nitrogen and oxygen atoms in total. The monoisotopic (exact) mass is 424 g/mol. The van der Waals surface area contributed by atoms with E-state index < -0.39 is 16.1 Å². The third kappa shape index (κ3) is 5.78. The van der Waals surface area contributed by atoms with Crippen molar-refractivity contribution in [2.24, 2.45) is 11.8 Å². The second kappa shape index (κ2) is 9.55. The average molecular weight is 425 g/mol. The quantitative estimate of drug-likeness (QED) is 0.726. The summed E-state index contributed by atoms with van der Waals surface area (Å²) in [6.45, 7) is 8.20. The smallest absolute Gasteiger partial charge is 0.241 e. The molecule has 2 atom stereocenters. The van der Waals surface area contributed by atoms with Gasteiger partial charge in [-0.05, 0) is 44.2 Å². The topological polar surface area (TPSA) is 84.9 Å². The van der Waals surface area contributed by atoms with Gasteiger partial charge in [0, 0.05) is 19.0 Å². The number of piperidine rings is 1. The summed E-state index contributed by atoms with van der Waals surface area (Å²) in [4.78, 5) is 15.2. The van der Waals surface area contributed by atoms with E-state index in [1.54, 1.807) is 29.2 Å². The lowest BCUT2D eigenvalue weighted by Crippen LogP contribution is -2.52. The number of amides is 1. The number of rotatable bonds is 7. The van der Waals surface area contributed by atoms with Crippen LogP contribution in [0.15, 0.2) is 29.2 Å². The zero-order valence-electron chi connectivity index (χ0n) is 17.5. The third-order valence-electron chi connectivity index (χ3n) is 5.44.